The standard InChI is InChI=1S/C11H13NO3/c12-9(10(13)11(14)15)7-6-8-4-2-1-3-5-8/h1-7,9-10,13H,12H2,(H,14,15)/b7-6+/t9-,10+/m0/s1. The van der Waals surface area contributed by atoms with Gasteiger partial charge in [0.25, 0.3) is 0 Å². The lowest BCUT2D eigenvalue weighted by Crippen LogP contribution is -2.38. The molecule has 4 N–H and O–H groups in total. The third-order valence-corrected chi connectivity index (χ3v) is 1.93. The highest BCUT2D eigenvalue weighted by atomic mass is 16.4. The molecule has 0 amide bonds. The van der Waals surface area contributed by atoms with E-state index in [0.717, 1.165) is 5.56 Å². The van der Waals surface area contributed by atoms with Gasteiger partial charge in [-0.15, -0.1) is 0 Å². The molecule has 0 saturated carbocycles. The number of hydrogen-bond donors (Lipinski definition) is 3. The molecule has 0 aromatic heterocycles. The summed E-state index contributed by atoms with van der Waals surface area (Å²) < 4.78 is 0. The zero-order chi connectivity index (χ0) is 11.3. The van der Waals surface area contributed by atoms with Gasteiger partial charge in [0.1, 0.15) is 0 Å². The lowest BCUT2D eigenvalue weighted by molar-refractivity contribution is -0.146. The van der Waals surface area contributed by atoms with E-state index in [0.29, 0.717) is 0 Å². The van der Waals surface area contributed by atoms with Crippen LogP contribution in [0.4, 0.5) is 0 Å². The second-order valence-corrected chi connectivity index (χ2v) is 3.13. The normalized spacial score (nSPS) is 15.1. The van der Waals surface area contributed by atoms with Crippen LogP contribution in [0, 0.1) is 0 Å². The Kier molecular flexibility index (Phi) is 4.03. The molecule has 0 saturated heterocycles. The Morgan fingerprint density at radius 3 is 2.47 bits per heavy atom. The molecule has 0 aliphatic carbocycles. The summed E-state index contributed by atoms with van der Waals surface area (Å²) in [5, 5.41) is 17.6. The number of nitrogens with two attached hydrogens (primary N) is 1. The topological polar surface area (TPSA) is 83.5 Å². The summed E-state index contributed by atoms with van der Waals surface area (Å²) in [6.45, 7) is 0. The molecule has 4 heteroatoms. The number of aliphatic carboxylic acids is 1. The monoisotopic (exact) mass is 207 g/mol. The third kappa shape index (κ3) is 3.53. The first-order valence-corrected chi connectivity index (χ1v) is 4.51. The van der Waals surface area contributed by atoms with Crippen molar-refractivity contribution in [2.24, 2.45) is 5.73 Å². The van der Waals surface area contributed by atoms with Crippen molar-refractivity contribution >= 4 is 12.0 Å². The van der Waals surface area contributed by atoms with Crippen LogP contribution in [-0.2, 0) is 4.79 Å². The summed E-state index contributed by atoms with van der Waals surface area (Å²) in [6.07, 6.45) is 1.58. The van der Waals surface area contributed by atoms with E-state index in [1.807, 2.05) is 30.3 Å². The van der Waals surface area contributed by atoms with Crippen molar-refractivity contribution in [1.82, 2.24) is 0 Å². The number of rotatable bonds is 4. The smallest absolute Gasteiger partial charge is 0.334 e. The molecule has 0 spiro atoms. The average Bonchev–Trinajstić information content (AvgIpc) is 2.26. The molecule has 1 aromatic carbocycles. The van der Waals surface area contributed by atoms with Gasteiger partial charge in [0.2, 0.25) is 0 Å². The number of aliphatic hydroxyl groups is 1. The molecule has 0 aliphatic rings. The average molecular weight is 207 g/mol. The van der Waals surface area contributed by atoms with E-state index in [4.69, 9.17) is 15.9 Å². The Morgan fingerprint density at radius 1 is 1.33 bits per heavy atom. The molecular weight excluding hydrogens is 194 g/mol. The maximum absolute atomic E-state index is 10.4. The summed E-state index contributed by atoms with van der Waals surface area (Å²) in [7, 11) is 0. The second-order valence-electron chi connectivity index (χ2n) is 3.13. The zero-order valence-corrected chi connectivity index (χ0v) is 8.08. The molecule has 0 radical (unpaired) electrons. The Balaban J connectivity index is 2.62. The van der Waals surface area contributed by atoms with Gasteiger partial charge in [0.15, 0.2) is 6.10 Å². The highest BCUT2D eigenvalue weighted by Crippen LogP contribution is 2.03. The van der Waals surface area contributed by atoms with Gasteiger partial charge in [-0.25, -0.2) is 4.79 Å². The maximum atomic E-state index is 10.4. The fourth-order valence-corrected chi connectivity index (χ4v) is 1.06. The summed E-state index contributed by atoms with van der Waals surface area (Å²) in [5.74, 6) is -1.32. The van der Waals surface area contributed by atoms with Gasteiger partial charge in [-0.05, 0) is 5.56 Å². The van der Waals surface area contributed by atoms with Gasteiger partial charge >= 0.3 is 5.97 Å². The fraction of sp³-hybridized carbons (Fsp3) is 0.182. The van der Waals surface area contributed by atoms with Crippen molar-refractivity contribution in [3.8, 4) is 0 Å². The first-order chi connectivity index (χ1) is 7.11. The SMILES string of the molecule is N[C@@H](/C=C/c1ccccc1)[C@@H](O)C(=O)O. The lowest BCUT2D eigenvalue weighted by Gasteiger charge is -2.09. The van der Waals surface area contributed by atoms with Crippen molar-refractivity contribution in [2.45, 2.75) is 12.1 Å². The molecule has 1 aromatic rings. The lowest BCUT2D eigenvalue weighted by atomic mass is 10.1. The molecule has 1 rings (SSSR count). The van der Waals surface area contributed by atoms with E-state index in [1.54, 1.807) is 6.08 Å². The van der Waals surface area contributed by atoms with Crippen LogP contribution in [0.25, 0.3) is 6.08 Å². The van der Waals surface area contributed by atoms with Crippen molar-refractivity contribution in [3.63, 3.8) is 0 Å². The quantitative estimate of drug-likeness (QED) is 0.670. The van der Waals surface area contributed by atoms with E-state index in [9.17, 15) is 4.79 Å². The number of aliphatic hydroxyl groups excluding tert-OH is 1. The molecule has 0 fully saturated rings. The van der Waals surface area contributed by atoms with Crippen LogP contribution in [-0.4, -0.2) is 28.3 Å². The van der Waals surface area contributed by atoms with E-state index >= 15 is 0 Å². The zero-order valence-electron chi connectivity index (χ0n) is 8.08. The molecule has 0 aliphatic heterocycles. The van der Waals surface area contributed by atoms with Crippen LogP contribution in [0.2, 0.25) is 0 Å². The van der Waals surface area contributed by atoms with Gasteiger partial charge in [0.05, 0.1) is 6.04 Å². The van der Waals surface area contributed by atoms with Gasteiger partial charge in [0, 0.05) is 0 Å². The van der Waals surface area contributed by atoms with E-state index in [2.05, 4.69) is 0 Å². The minimum Gasteiger partial charge on any atom is -0.479 e. The molecule has 15 heavy (non-hydrogen) atoms. The maximum Gasteiger partial charge on any atom is 0.334 e. The number of hydrogen-bond acceptors (Lipinski definition) is 3. The van der Waals surface area contributed by atoms with Crippen molar-refractivity contribution in [2.75, 3.05) is 0 Å². The summed E-state index contributed by atoms with van der Waals surface area (Å²) in [4.78, 5) is 10.4. The van der Waals surface area contributed by atoms with Crippen molar-refractivity contribution < 1.29 is 15.0 Å². The molecule has 0 bridgehead atoms. The fourth-order valence-electron chi connectivity index (χ4n) is 1.06. The minimum atomic E-state index is -1.56. The van der Waals surface area contributed by atoms with Gasteiger partial charge in [-0.2, -0.15) is 0 Å². The Morgan fingerprint density at radius 2 is 1.93 bits per heavy atom. The van der Waals surface area contributed by atoms with E-state index < -0.39 is 18.1 Å². The number of carboxylic acid groups (broad SMARTS) is 1. The molecule has 0 heterocycles. The Bertz CT molecular complexity index is 348. The van der Waals surface area contributed by atoms with Gasteiger partial charge in [-0.3, -0.25) is 0 Å². The largest absolute Gasteiger partial charge is 0.479 e. The van der Waals surface area contributed by atoms with Gasteiger partial charge < -0.3 is 15.9 Å². The number of carbonyl (C=O) groups is 1. The van der Waals surface area contributed by atoms with Crippen molar-refractivity contribution in [3.05, 3.63) is 42.0 Å². The number of carboxylic acids is 1. The highest BCUT2D eigenvalue weighted by molar-refractivity contribution is 5.73. The van der Waals surface area contributed by atoms with Crippen LogP contribution in [0.3, 0.4) is 0 Å². The molecule has 80 valence electrons. The Labute approximate surface area is 87.7 Å². The Hall–Kier alpha value is -1.65. The van der Waals surface area contributed by atoms with Crippen LogP contribution >= 0.6 is 0 Å². The first kappa shape index (κ1) is 11.4. The van der Waals surface area contributed by atoms with Crippen LogP contribution in [0.5, 0.6) is 0 Å². The first-order valence-electron chi connectivity index (χ1n) is 4.51. The summed E-state index contributed by atoms with van der Waals surface area (Å²) in [5.41, 5.74) is 6.36. The third-order valence-electron chi connectivity index (χ3n) is 1.93. The van der Waals surface area contributed by atoms with Crippen LogP contribution < -0.4 is 5.73 Å². The predicted octanol–water partition coefficient (Wildman–Crippen LogP) is 0.473. The highest BCUT2D eigenvalue weighted by Gasteiger charge is 2.19. The van der Waals surface area contributed by atoms with E-state index in [1.165, 1.54) is 6.08 Å². The predicted molar refractivity (Wildman–Crippen MR) is 57.1 cm³/mol. The molecule has 0 unspecified atom stereocenters. The molecular formula is C11H13NO3. The minimum absolute atomic E-state index is 0.900. The summed E-state index contributed by atoms with van der Waals surface area (Å²) >= 11 is 0. The van der Waals surface area contributed by atoms with Crippen LogP contribution in [0.1, 0.15) is 5.56 Å². The second kappa shape index (κ2) is 5.29. The van der Waals surface area contributed by atoms with E-state index in [-0.39, 0.29) is 0 Å². The molecule has 4 nitrogen and oxygen atoms in total. The van der Waals surface area contributed by atoms with Crippen molar-refractivity contribution in [1.29, 1.82) is 0 Å². The summed E-state index contributed by atoms with van der Waals surface area (Å²) in [6, 6.07) is 8.41. The van der Waals surface area contributed by atoms with Gasteiger partial charge in [-0.1, -0.05) is 42.5 Å². The molecule has 2 atom stereocenters. The number of benzene rings is 1. The van der Waals surface area contributed by atoms with Crippen LogP contribution in [0.15, 0.2) is 36.4 Å².